The largest absolute Gasteiger partial charge is 0.478 e. The molecule has 0 bridgehead atoms. The summed E-state index contributed by atoms with van der Waals surface area (Å²) in [6.07, 6.45) is 1.48. The van der Waals surface area contributed by atoms with Crippen LogP contribution in [0, 0.1) is 5.41 Å². The number of nitrogens with one attached hydrogen (secondary N) is 1. The standard InChI is InChI=1S/C6H12N2O/c1-3-9-6(8)4-5(2)7/h4,8H,3,7H2,1-2H3/b5-4-,8-6?. The highest BCUT2D eigenvalue weighted by atomic mass is 16.5. The Morgan fingerprint density at radius 2 is 2.33 bits per heavy atom. The van der Waals surface area contributed by atoms with Gasteiger partial charge in [-0.05, 0) is 13.8 Å². The summed E-state index contributed by atoms with van der Waals surface area (Å²) in [5.41, 5.74) is 5.86. The van der Waals surface area contributed by atoms with E-state index >= 15 is 0 Å². The van der Waals surface area contributed by atoms with E-state index < -0.39 is 0 Å². The van der Waals surface area contributed by atoms with Gasteiger partial charge in [-0.2, -0.15) is 0 Å². The van der Waals surface area contributed by atoms with E-state index in [-0.39, 0.29) is 5.90 Å². The fourth-order valence-electron chi connectivity index (χ4n) is 0.404. The van der Waals surface area contributed by atoms with Crippen LogP contribution in [0.3, 0.4) is 0 Å². The molecule has 3 nitrogen and oxygen atoms in total. The van der Waals surface area contributed by atoms with E-state index in [0.717, 1.165) is 0 Å². The first-order valence-electron chi connectivity index (χ1n) is 2.82. The van der Waals surface area contributed by atoms with Crippen LogP contribution >= 0.6 is 0 Å². The van der Waals surface area contributed by atoms with Crippen LogP contribution in [0.1, 0.15) is 13.8 Å². The van der Waals surface area contributed by atoms with Gasteiger partial charge in [0.1, 0.15) is 0 Å². The molecule has 0 unspecified atom stereocenters. The molecular weight excluding hydrogens is 116 g/mol. The summed E-state index contributed by atoms with van der Waals surface area (Å²) < 4.78 is 4.78. The Morgan fingerprint density at radius 3 is 2.67 bits per heavy atom. The van der Waals surface area contributed by atoms with Crippen LogP contribution < -0.4 is 5.73 Å². The highest BCUT2D eigenvalue weighted by Gasteiger charge is 1.87. The van der Waals surface area contributed by atoms with E-state index in [9.17, 15) is 0 Å². The van der Waals surface area contributed by atoms with Crippen molar-refractivity contribution < 1.29 is 4.74 Å². The SMILES string of the molecule is CCOC(=N)/C=C(/C)N. The molecule has 3 heteroatoms. The maximum Gasteiger partial charge on any atom is 0.207 e. The Labute approximate surface area is 55.0 Å². The van der Waals surface area contributed by atoms with Crippen LogP contribution in [0.4, 0.5) is 0 Å². The molecule has 0 fully saturated rings. The van der Waals surface area contributed by atoms with Crippen molar-refractivity contribution in [3.63, 3.8) is 0 Å². The van der Waals surface area contributed by atoms with Crippen molar-refractivity contribution in [1.82, 2.24) is 0 Å². The second-order valence-corrected chi connectivity index (χ2v) is 1.69. The zero-order chi connectivity index (χ0) is 7.28. The summed E-state index contributed by atoms with van der Waals surface area (Å²) in [6.45, 7) is 4.06. The van der Waals surface area contributed by atoms with E-state index in [1.807, 2.05) is 6.92 Å². The van der Waals surface area contributed by atoms with Crippen LogP contribution in [0.25, 0.3) is 0 Å². The minimum atomic E-state index is 0.123. The first-order chi connectivity index (χ1) is 4.16. The average molecular weight is 128 g/mol. The van der Waals surface area contributed by atoms with Crippen LogP contribution in [0.5, 0.6) is 0 Å². The Hall–Kier alpha value is -0.990. The maximum atomic E-state index is 7.04. The van der Waals surface area contributed by atoms with E-state index in [2.05, 4.69) is 0 Å². The molecule has 3 N–H and O–H groups in total. The van der Waals surface area contributed by atoms with Gasteiger partial charge in [0.25, 0.3) is 0 Å². The molecule has 0 amide bonds. The summed E-state index contributed by atoms with van der Waals surface area (Å²) in [5, 5.41) is 7.04. The zero-order valence-electron chi connectivity index (χ0n) is 5.77. The molecule has 0 aromatic heterocycles. The quantitative estimate of drug-likeness (QED) is 0.428. The smallest absolute Gasteiger partial charge is 0.207 e. The zero-order valence-corrected chi connectivity index (χ0v) is 5.77. The van der Waals surface area contributed by atoms with Crippen molar-refractivity contribution in [3.05, 3.63) is 11.8 Å². The lowest BCUT2D eigenvalue weighted by molar-refractivity contribution is 0.327. The Morgan fingerprint density at radius 1 is 1.78 bits per heavy atom. The lowest BCUT2D eigenvalue weighted by Gasteiger charge is -1.97. The molecule has 0 spiro atoms. The summed E-state index contributed by atoms with van der Waals surface area (Å²) in [5.74, 6) is 0.123. The van der Waals surface area contributed by atoms with Crippen molar-refractivity contribution in [1.29, 1.82) is 5.41 Å². The first kappa shape index (κ1) is 8.01. The summed E-state index contributed by atoms with van der Waals surface area (Å²) in [4.78, 5) is 0. The highest BCUT2D eigenvalue weighted by Crippen LogP contribution is 1.84. The number of ether oxygens (including phenoxy) is 1. The fraction of sp³-hybridized carbons (Fsp3) is 0.500. The minimum absolute atomic E-state index is 0.123. The van der Waals surface area contributed by atoms with Gasteiger partial charge in [0.2, 0.25) is 5.90 Å². The predicted octanol–water partition coefficient (Wildman–Crippen LogP) is 0.863. The number of hydrogen-bond donors (Lipinski definition) is 2. The molecule has 0 saturated heterocycles. The average Bonchev–Trinajstić information content (AvgIpc) is 1.63. The summed E-state index contributed by atoms with van der Waals surface area (Å²) in [7, 11) is 0. The van der Waals surface area contributed by atoms with Gasteiger partial charge in [0.05, 0.1) is 6.61 Å². The number of nitrogens with two attached hydrogens (primary N) is 1. The van der Waals surface area contributed by atoms with Gasteiger partial charge < -0.3 is 10.5 Å². The highest BCUT2D eigenvalue weighted by molar-refractivity contribution is 5.85. The van der Waals surface area contributed by atoms with Crippen LogP contribution in [0.2, 0.25) is 0 Å². The fourth-order valence-corrected chi connectivity index (χ4v) is 0.404. The van der Waals surface area contributed by atoms with Gasteiger partial charge in [-0.15, -0.1) is 0 Å². The molecule has 9 heavy (non-hydrogen) atoms. The van der Waals surface area contributed by atoms with Gasteiger partial charge >= 0.3 is 0 Å². The van der Waals surface area contributed by atoms with Gasteiger partial charge in [0.15, 0.2) is 0 Å². The molecule has 0 aromatic carbocycles. The molecule has 0 rings (SSSR count). The number of rotatable bonds is 2. The molecule has 0 saturated carbocycles. The molecule has 0 aliphatic heterocycles. The lowest BCUT2D eigenvalue weighted by atomic mass is 10.4. The number of hydrogen-bond acceptors (Lipinski definition) is 3. The molecule has 52 valence electrons. The molecule has 0 radical (unpaired) electrons. The van der Waals surface area contributed by atoms with E-state index in [4.69, 9.17) is 15.9 Å². The van der Waals surface area contributed by atoms with Crippen LogP contribution in [-0.2, 0) is 4.74 Å². The van der Waals surface area contributed by atoms with E-state index in [1.54, 1.807) is 6.92 Å². The van der Waals surface area contributed by atoms with Crippen LogP contribution in [0.15, 0.2) is 11.8 Å². The van der Waals surface area contributed by atoms with Gasteiger partial charge in [-0.25, -0.2) is 0 Å². The van der Waals surface area contributed by atoms with Crippen molar-refractivity contribution in [3.8, 4) is 0 Å². The monoisotopic (exact) mass is 128 g/mol. The lowest BCUT2D eigenvalue weighted by Crippen LogP contribution is -2.02. The number of allylic oxidation sites excluding steroid dienone is 1. The van der Waals surface area contributed by atoms with Crippen molar-refractivity contribution in [2.75, 3.05) is 6.61 Å². The molecular formula is C6H12N2O. The second kappa shape index (κ2) is 3.95. The molecule has 0 aliphatic rings. The molecule has 0 heterocycles. The van der Waals surface area contributed by atoms with Crippen molar-refractivity contribution >= 4 is 5.90 Å². The molecule has 0 atom stereocenters. The molecule has 0 aliphatic carbocycles. The Kier molecular flexibility index (Phi) is 3.51. The Bertz CT molecular complexity index is 125. The predicted molar refractivity (Wildman–Crippen MR) is 37.3 cm³/mol. The summed E-state index contributed by atoms with van der Waals surface area (Å²) in [6, 6.07) is 0. The minimum Gasteiger partial charge on any atom is -0.478 e. The van der Waals surface area contributed by atoms with E-state index in [0.29, 0.717) is 12.3 Å². The van der Waals surface area contributed by atoms with Gasteiger partial charge in [-0.3, -0.25) is 5.41 Å². The summed E-state index contributed by atoms with van der Waals surface area (Å²) >= 11 is 0. The topological polar surface area (TPSA) is 59.1 Å². The Balaban J connectivity index is 3.63. The molecule has 0 aromatic rings. The van der Waals surface area contributed by atoms with Crippen molar-refractivity contribution in [2.45, 2.75) is 13.8 Å². The van der Waals surface area contributed by atoms with E-state index in [1.165, 1.54) is 6.08 Å². The van der Waals surface area contributed by atoms with Gasteiger partial charge in [-0.1, -0.05) is 0 Å². The van der Waals surface area contributed by atoms with Crippen molar-refractivity contribution in [2.24, 2.45) is 5.73 Å². The van der Waals surface area contributed by atoms with Gasteiger partial charge in [0, 0.05) is 11.8 Å². The maximum absolute atomic E-state index is 7.04. The third-order valence-electron chi connectivity index (χ3n) is 0.659. The normalized spacial score (nSPS) is 11.1. The first-order valence-corrected chi connectivity index (χ1v) is 2.82. The van der Waals surface area contributed by atoms with Crippen LogP contribution in [-0.4, -0.2) is 12.5 Å². The second-order valence-electron chi connectivity index (χ2n) is 1.69. The third-order valence-corrected chi connectivity index (χ3v) is 0.659. The third kappa shape index (κ3) is 4.87.